The highest BCUT2D eigenvalue weighted by Crippen LogP contribution is 2.18. The van der Waals surface area contributed by atoms with Crippen molar-refractivity contribution in [3.63, 3.8) is 0 Å². The van der Waals surface area contributed by atoms with Gasteiger partial charge in [-0.15, -0.1) is 24.0 Å². The number of likely N-dealkylation sites (tertiary alicyclic amines) is 1. The number of nitrogens with zero attached hydrogens (tertiary/aromatic N) is 2. The van der Waals surface area contributed by atoms with Gasteiger partial charge in [0.2, 0.25) is 0 Å². The highest BCUT2D eigenvalue weighted by molar-refractivity contribution is 14.0. The summed E-state index contributed by atoms with van der Waals surface area (Å²) in [6.45, 7) is 7.02. The third kappa shape index (κ3) is 5.30. The number of halogens is 1. The Labute approximate surface area is 128 Å². The van der Waals surface area contributed by atoms with Crippen molar-refractivity contribution in [2.24, 2.45) is 10.9 Å². The molecule has 18 heavy (non-hydrogen) atoms. The van der Waals surface area contributed by atoms with Crippen molar-refractivity contribution < 1.29 is 0 Å². The molecular formula is C13H27IN4. The predicted molar refractivity (Wildman–Crippen MR) is 87.8 cm³/mol. The molecule has 0 bridgehead atoms. The lowest BCUT2D eigenvalue weighted by molar-refractivity contribution is 0.183. The predicted octanol–water partition coefficient (Wildman–Crippen LogP) is 1.66. The van der Waals surface area contributed by atoms with Crippen molar-refractivity contribution in [3.05, 3.63) is 0 Å². The van der Waals surface area contributed by atoms with Gasteiger partial charge >= 0.3 is 0 Å². The van der Waals surface area contributed by atoms with Crippen molar-refractivity contribution in [2.75, 3.05) is 33.2 Å². The number of hydrogen-bond donors (Lipinski definition) is 2. The third-order valence-electron chi connectivity index (χ3n) is 3.75. The molecule has 1 unspecified atom stereocenters. The molecule has 0 aromatic heterocycles. The average molecular weight is 366 g/mol. The van der Waals surface area contributed by atoms with E-state index >= 15 is 0 Å². The molecule has 1 heterocycles. The van der Waals surface area contributed by atoms with E-state index in [2.05, 4.69) is 27.4 Å². The Hall–Kier alpha value is -0.0400. The van der Waals surface area contributed by atoms with Crippen LogP contribution in [-0.2, 0) is 0 Å². The van der Waals surface area contributed by atoms with Gasteiger partial charge in [0.1, 0.15) is 0 Å². The SMILES string of the molecule is CCN1CCCC(CNC(=NC)NC2CC2)C1.I. The van der Waals surface area contributed by atoms with E-state index in [0.717, 1.165) is 18.4 Å². The third-order valence-corrected chi connectivity index (χ3v) is 3.75. The largest absolute Gasteiger partial charge is 0.356 e. The van der Waals surface area contributed by atoms with E-state index in [0.29, 0.717) is 6.04 Å². The lowest BCUT2D eigenvalue weighted by Gasteiger charge is -2.32. The van der Waals surface area contributed by atoms with Gasteiger partial charge in [-0.25, -0.2) is 0 Å². The molecule has 106 valence electrons. The van der Waals surface area contributed by atoms with E-state index in [9.17, 15) is 0 Å². The molecule has 0 amide bonds. The number of rotatable bonds is 4. The fourth-order valence-corrected chi connectivity index (χ4v) is 2.46. The molecule has 1 saturated carbocycles. The average Bonchev–Trinajstić information content (AvgIpc) is 3.18. The standard InChI is InChI=1S/C13H26N4.HI/c1-3-17-8-4-5-11(10-17)9-15-13(14-2)16-12-6-7-12;/h11-12H,3-10H2,1-2H3,(H2,14,15,16);1H. The Morgan fingerprint density at radius 2 is 2.11 bits per heavy atom. The maximum absolute atomic E-state index is 4.27. The van der Waals surface area contributed by atoms with Crippen molar-refractivity contribution >= 4 is 29.9 Å². The molecule has 2 fully saturated rings. The Morgan fingerprint density at radius 1 is 1.33 bits per heavy atom. The van der Waals surface area contributed by atoms with Crippen LogP contribution in [0, 0.1) is 5.92 Å². The first-order valence-corrected chi connectivity index (χ1v) is 7.01. The second-order valence-electron chi connectivity index (χ2n) is 5.27. The van der Waals surface area contributed by atoms with Gasteiger partial charge in [0, 0.05) is 26.2 Å². The van der Waals surface area contributed by atoms with Crippen LogP contribution < -0.4 is 10.6 Å². The van der Waals surface area contributed by atoms with Crippen molar-refractivity contribution in [1.29, 1.82) is 0 Å². The van der Waals surface area contributed by atoms with Crippen molar-refractivity contribution in [3.8, 4) is 0 Å². The first-order valence-electron chi connectivity index (χ1n) is 7.01. The summed E-state index contributed by atoms with van der Waals surface area (Å²) < 4.78 is 0. The number of piperidine rings is 1. The van der Waals surface area contributed by atoms with Gasteiger partial charge in [-0.1, -0.05) is 6.92 Å². The maximum Gasteiger partial charge on any atom is 0.191 e. The Morgan fingerprint density at radius 3 is 2.72 bits per heavy atom. The quantitative estimate of drug-likeness (QED) is 0.452. The van der Waals surface area contributed by atoms with Crippen LogP contribution in [0.15, 0.2) is 4.99 Å². The lowest BCUT2D eigenvalue weighted by Crippen LogP contribution is -2.44. The van der Waals surface area contributed by atoms with Gasteiger partial charge in [-0.2, -0.15) is 0 Å². The minimum atomic E-state index is 0. The van der Waals surface area contributed by atoms with E-state index in [1.165, 1.54) is 45.3 Å². The van der Waals surface area contributed by atoms with Gasteiger partial charge in [0.15, 0.2) is 5.96 Å². The molecule has 0 aromatic carbocycles. The zero-order chi connectivity index (χ0) is 12.1. The van der Waals surface area contributed by atoms with E-state index in [1.807, 2.05) is 7.05 Å². The summed E-state index contributed by atoms with van der Waals surface area (Å²) in [7, 11) is 1.86. The van der Waals surface area contributed by atoms with Crippen LogP contribution in [0.3, 0.4) is 0 Å². The lowest BCUT2D eigenvalue weighted by atomic mass is 9.98. The van der Waals surface area contributed by atoms with E-state index < -0.39 is 0 Å². The summed E-state index contributed by atoms with van der Waals surface area (Å²) in [5.41, 5.74) is 0. The molecule has 1 saturated heterocycles. The highest BCUT2D eigenvalue weighted by atomic mass is 127. The zero-order valence-electron chi connectivity index (χ0n) is 11.6. The molecule has 5 heteroatoms. The minimum Gasteiger partial charge on any atom is -0.356 e. The second kappa shape index (κ2) is 8.19. The highest BCUT2D eigenvalue weighted by Gasteiger charge is 2.23. The molecule has 1 aliphatic heterocycles. The van der Waals surface area contributed by atoms with Crippen LogP contribution in [0.2, 0.25) is 0 Å². The Kier molecular flexibility index (Phi) is 7.29. The Bertz CT molecular complexity index is 266. The summed E-state index contributed by atoms with van der Waals surface area (Å²) in [6.07, 6.45) is 5.29. The summed E-state index contributed by atoms with van der Waals surface area (Å²) in [5, 5.41) is 6.90. The van der Waals surface area contributed by atoms with E-state index in [-0.39, 0.29) is 24.0 Å². The number of hydrogen-bond acceptors (Lipinski definition) is 2. The van der Waals surface area contributed by atoms with Gasteiger partial charge in [0.05, 0.1) is 0 Å². The van der Waals surface area contributed by atoms with Crippen molar-refractivity contribution in [2.45, 2.75) is 38.6 Å². The second-order valence-corrected chi connectivity index (χ2v) is 5.27. The van der Waals surface area contributed by atoms with Crippen LogP contribution in [0.1, 0.15) is 32.6 Å². The number of aliphatic imine (C=N–C) groups is 1. The molecule has 2 N–H and O–H groups in total. The minimum absolute atomic E-state index is 0. The van der Waals surface area contributed by atoms with Gasteiger partial charge in [-0.05, 0) is 44.7 Å². The van der Waals surface area contributed by atoms with Crippen LogP contribution in [0.5, 0.6) is 0 Å². The molecule has 1 atom stereocenters. The fourth-order valence-electron chi connectivity index (χ4n) is 2.46. The maximum atomic E-state index is 4.27. The fraction of sp³-hybridized carbons (Fsp3) is 0.923. The van der Waals surface area contributed by atoms with E-state index in [1.54, 1.807) is 0 Å². The molecule has 2 rings (SSSR count). The summed E-state index contributed by atoms with van der Waals surface area (Å²) in [6, 6.07) is 0.680. The molecule has 0 spiro atoms. The molecule has 4 nitrogen and oxygen atoms in total. The van der Waals surface area contributed by atoms with Crippen LogP contribution >= 0.6 is 24.0 Å². The summed E-state index contributed by atoms with van der Waals surface area (Å²) >= 11 is 0. The summed E-state index contributed by atoms with van der Waals surface area (Å²) in [4.78, 5) is 6.82. The van der Waals surface area contributed by atoms with Gasteiger partial charge < -0.3 is 15.5 Å². The first kappa shape index (κ1) is 16.0. The molecular weight excluding hydrogens is 339 g/mol. The summed E-state index contributed by atoms with van der Waals surface area (Å²) in [5.74, 6) is 1.77. The molecule has 0 aromatic rings. The van der Waals surface area contributed by atoms with E-state index in [4.69, 9.17) is 0 Å². The number of guanidine groups is 1. The smallest absolute Gasteiger partial charge is 0.191 e. The van der Waals surface area contributed by atoms with Crippen molar-refractivity contribution in [1.82, 2.24) is 15.5 Å². The molecule has 2 aliphatic rings. The normalized spacial score (nSPS) is 25.4. The van der Waals surface area contributed by atoms with Crippen LogP contribution in [0.4, 0.5) is 0 Å². The molecule has 0 radical (unpaired) electrons. The topological polar surface area (TPSA) is 39.7 Å². The Balaban J connectivity index is 0.00000162. The van der Waals surface area contributed by atoms with Crippen LogP contribution in [0.25, 0.3) is 0 Å². The van der Waals surface area contributed by atoms with Crippen LogP contribution in [-0.4, -0.2) is 50.1 Å². The molecule has 1 aliphatic carbocycles. The van der Waals surface area contributed by atoms with Gasteiger partial charge in [0.25, 0.3) is 0 Å². The number of nitrogens with one attached hydrogen (secondary N) is 2. The first-order chi connectivity index (χ1) is 8.31. The van der Waals surface area contributed by atoms with Gasteiger partial charge in [-0.3, -0.25) is 4.99 Å². The zero-order valence-corrected chi connectivity index (χ0v) is 13.9. The monoisotopic (exact) mass is 366 g/mol.